The second-order valence-corrected chi connectivity index (χ2v) is 3.70. The van der Waals surface area contributed by atoms with Crippen LogP contribution < -0.4 is 14.8 Å². The van der Waals surface area contributed by atoms with E-state index in [0.29, 0.717) is 17.4 Å². The summed E-state index contributed by atoms with van der Waals surface area (Å²) in [6, 6.07) is 5.66. The van der Waals surface area contributed by atoms with Gasteiger partial charge in [-0.15, -0.1) is 10.2 Å². The number of anilines is 1. The molecule has 1 aromatic carbocycles. The maximum absolute atomic E-state index is 5.39. The number of aromatic nitrogens is 3. The lowest BCUT2D eigenvalue weighted by Crippen LogP contribution is -2.01. The van der Waals surface area contributed by atoms with Gasteiger partial charge in [-0.2, -0.15) is 0 Å². The Labute approximate surface area is 106 Å². The standard InChI is InChI=1S/C12H16N4O2/c1-13-12-15-14-11(16(12)2)8-6-5-7-9(17-3)10(8)18-4/h5-7H,1-4H3,(H,13,15). The van der Waals surface area contributed by atoms with Crippen LogP contribution in [0.3, 0.4) is 0 Å². The van der Waals surface area contributed by atoms with Crippen molar-refractivity contribution in [2.24, 2.45) is 7.05 Å². The van der Waals surface area contributed by atoms with E-state index in [2.05, 4.69) is 15.5 Å². The summed E-state index contributed by atoms with van der Waals surface area (Å²) in [5.74, 6) is 2.73. The number of ether oxygens (including phenoxy) is 2. The van der Waals surface area contributed by atoms with Gasteiger partial charge < -0.3 is 14.8 Å². The van der Waals surface area contributed by atoms with E-state index in [4.69, 9.17) is 9.47 Å². The quantitative estimate of drug-likeness (QED) is 0.889. The maximum Gasteiger partial charge on any atom is 0.224 e. The molecule has 0 saturated heterocycles. The van der Waals surface area contributed by atoms with E-state index >= 15 is 0 Å². The number of methoxy groups -OCH3 is 2. The summed E-state index contributed by atoms with van der Waals surface area (Å²) >= 11 is 0. The van der Waals surface area contributed by atoms with Crippen LogP contribution in [0.1, 0.15) is 0 Å². The van der Waals surface area contributed by atoms with Crippen molar-refractivity contribution in [3.63, 3.8) is 0 Å². The predicted octanol–water partition coefficient (Wildman–Crippen LogP) is 1.54. The molecule has 6 nitrogen and oxygen atoms in total. The van der Waals surface area contributed by atoms with Gasteiger partial charge in [0.05, 0.1) is 19.8 Å². The van der Waals surface area contributed by atoms with E-state index in [1.807, 2.05) is 29.8 Å². The second kappa shape index (κ2) is 4.95. The maximum atomic E-state index is 5.39. The Kier molecular flexibility index (Phi) is 3.36. The lowest BCUT2D eigenvalue weighted by molar-refractivity contribution is 0.356. The largest absolute Gasteiger partial charge is 0.493 e. The molecule has 2 aromatic rings. The normalized spacial score (nSPS) is 10.2. The van der Waals surface area contributed by atoms with Crippen LogP contribution in [0, 0.1) is 0 Å². The van der Waals surface area contributed by atoms with Crippen molar-refractivity contribution in [3.05, 3.63) is 18.2 Å². The minimum Gasteiger partial charge on any atom is -0.493 e. The fraction of sp³-hybridized carbons (Fsp3) is 0.333. The molecule has 0 aliphatic rings. The molecule has 96 valence electrons. The van der Waals surface area contributed by atoms with Crippen molar-refractivity contribution in [3.8, 4) is 22.9 Å². The van der Waals surface area contributed by atoms with Crippen molar-refractivity contribution >= 4 is 5.95 Å². The average Bonchev–Trinajstić information content (AvgIpc) is 2.78. The molecule has 0 fully saturated rings. The number of benzene rings is 1. The molecule has 0 unspecified atom stereocenters. The van der Waals surface area contributed by atoms with Crippen molar-refractivity contribution in [1.29, 1.82) is 0 Å². The molecule has 2 rings (SSSR count). The molecule has 0 spiro atoms. The third-order valence-corrected chi connectivity index (χ3v) is 2.74. The van der Waals surface area contributed by atoms with Crippen LogP contribution in [0.25, 0.3) is 11.4 Å². The van der Waals surface area contributed by atoms with E-state index in [-0.39, 0.29) is 0 Å². The third kappa shape index (κ3) is 1.85. The van der Waals surface area contributed by atoms with Crippen LogP contribution in [0.5, 0.6) is 11.5 Å². The molecular formula is C12H16N4O2. The van der Waals surface area contributed by atoms with Gasteiger partial charge in [-0.05, 0) is 12.1 Å². The Morgan fingerprint density at radius 1 is 1.17 bits per heavy atom. The molecule has 0 amide bonds. The Morgan fingerprint density at radius 3 is 2.50 bits per heavy atom. The minimum atomic E-state index is 0.651. The van der Waals surface area contributed by atoms with Gasteiger partial charge in [-0.25, -0.2) is 0 Å². The number of para-hydroxylation sites is 1. The number of nitrogens with one attached hydrogen (secondary N) is 1. The van der Waals surface area contributed by atoms with Crippen LogP contribution in [-0.4, -0.2) is 36.0 Å². The van der Waals surface area contributed by atoms with Gasteiger partial charge in [0, 0.05) is 14.1 Å². The Hall–Kier alpha value is -2.24. The fourth-order valence-electron chi connectivity index (χ4n) is 1.84. The number of hydrogen-bond acceptors (Lipinski definition) is 5. The van der Waals surface area contributed by atoms with Gasteiger partial charge in [-0.1, -0.05) is 6.07 Å². The van der Waals surface area contributed by atoms with Crippen molar-refractivity contribution < 1.29 is 9.47 Å². The third-order valence-electron chi connectivity index (χ3n) is 2.74. The highest BCUT2D eigenvalue weighted by Gasteiger charge is 2.17. The van der Waals surface area contributed by atoms with E-state index in [9.17, 15) is 0 Å². The summed E-state index contributed by atoms with van der Waals surface area (Å²) < 4.78 is 12.5. The van der Waals surface area contributed by atoms with Crippen LogP contribution in [0.2, 0.25) is 0 Å². The van der Waals surface area contributed by atoms with E-state index < -0.39 is 0 Å². The molecule has 0 atom stereocenters. The molecule has 18 heavy (non-hydrogen) atoms. The van der Waals surface area contributed by atoms with Gasteiger partial charge >= 0.3 is 0 Å². The Morgan fingerprint density at radius 2 is 1.94 bits per heavy atom. The van der Waals surface area contributed by atoms with Gasteiger partial charge in [0.2, 0.25) is 5.95 Å². The van der Waals surface area contributed by atoms with Gasteiger partial charge in [-0.3, -0.25) is 4.57 Å². The second-order valence-electron chi connectivity index (χ2n) is 3.70. The molecule has 1 heterocycles. The van der Waals surface area contributed by atoms with E-state index in [1.54, 1.807) is 21.3 Å². The van der Waals surface area contributed by atoms with Crippen LogP contribution >= 0.6 is 0 Å². The molecule has 0 aliphatic heterocycles. The van der Waals surface area contributed by atoms with E-state index in [0.717, 1.165) is 11.4 Å². The molecule has 1 N–H and O–H groups in total. The van der Waals surface area contributed by atoms with Crippen LogP contribution in [0.4, 0.5) is 5.95 Å². The highest BCUT2D eigenvalue weighted by Crippen LogP contribution is 2.37. The lowest BCUT2D eigenvalue weighted by Gasteiger charge is -2.12. The average molecular weight is 248 g/mol. The Bertz CT molecular complexity index is 551. The molecular weight excluding hydrogens is 232 g/mol. The number of hydrogen-bond donors (Lipinski definition) is 1. The molecule has 0 radical (unpaired) electrons. The smallest absolute Gasteiger partial charge is 0.224 e. The number of rotatable bonds is 4. The highest BCUT2D eigenvalue weighted by molar-refractivity contribution is 5.69. The van der Waals surface area contributed by atoms with Crippen LogP contribution in [0.15, 0.2) is 18.2 Å². The zero-order valence-corrected chi connectivity index (χ0v) is 10.9. The predicted molar refractivity (Wildman–Crippen MR) is 69.1 cm³/mol. The van der Waals surface area contributed by atoms with Gasteiger partial charge in [0.1, 0.15) is 0 Å². The summed E-state index contributed by atoms with van der Waals surface area (Å²) in [5, 5.41) is 11.2. The van der Waals surface area contributed by atoms with Gasteiger partial charge in [0.15, 0.2) is 17.3 Å². The lowest BCUT2D eigenvalue weighted by atomic mass is 10.1. The first kappa shape index (κ1) is 12.2. The van der Waals surface area contributed by atoms with Crippen molar-refractivity contribution in [2.75, 3.05) is 26.6 Å². The SMILES string of the molecule is CNc1nnc(-c2cccc(OC)c2OC)n1C. The molecule has 0 bridgehead atoms. The van der Waals surface area contributed by atoms with E-state index in [1.165, 1.54) is 0 Å². The highest BCUT2D eigenvalue weighted by atomic mass is 16.5. The monoisotopic (exact) mass is 248 g/mol. The first-order valence-corrected chi connectivity index (χ1v) is 5.51. The van der Waals surface area contributed by atoms with Crippen molar-refractivity contribution in [1.82, 2.24) is 14.8 Å². The molecule has 6 heteroatoms. The summed E-state index contributed by atoms with van der Waals surface area (Å²) in [4.78, 5) is 0. The molecule has 1 aromatic heterocycles. The zero-order valence-electron chi connectivity index (χ0n) is 10.9. The summed E-state index contributed by atoms with van der Waals surface area (Å²) in [5.41, 5.74) is 0.841. The first-order chi connectivity index (χ1) is 8.72. The Balaban J connectivity index is 2.59. The van der Waals surface area contributed by atoms with Gasteiger partial charge in [0.25, 0.3) is 0 Å². The zero-order chi connectivity index (χ0) is 13.1. The molecule has 0 saturated carbocycles. The molecule has 0 aliphatic carbocycles. The minimum absolute atomic E-state index is 0.651. The summed E-state index contributed by atoms with van der Waals surface area (Å²) in [6.45, 7) is 0. The fourth-order valence-corrected chi connectivity index (χ4v) is 1.84. The summed E-state index contributed by atoms with van der Waals surface area (Å²) in [7, 11) is 6.91. The van der Waals surface area contributed by atoms with Crippen LogP contribution in [-0.2, 0) is 7.05 Å². The number of nitrogens with zero attached hydrogens (tertiary/aromatic N) is 3. The summed E-state index contributed by atoms with van der Waals surface area (Å²) in [6.07, 6.45) is 0. The first-order valence-electron chi connectivity index (χ1n) is 5.51. The topological polar surface area (TPSA) is 61.2 Å². The van der Waals surface area contributed by atoms with Crippen molar-refractivity contribution in [2.45, 2.75) is 0 Å².